The molecule has 6 heteroatoms. The van der Waals surface area contributed by atoms with Crippen LogP contribution in [-0.2, 0) is 11.0 Å². The molecular formula is C18H25F3N2O. The van der Waals surface area contributed by atoms with Crippen molar-refractivity contribution in [2.75, 3.05) is 13.1 Å². The standard InChI is InChI=1S/C18H25F3N2O/c1-3-16(13-6-4-8-15(10-13)18(19,20)21)17(24)23-9-5-7-14(11-23)12(2)22/h4,6,8,10,12,14,16H,3,5,7,9,11,22H2,1-2H3. The third kappa shape index (κ3) is 4.29. The number of piperidine rings is 1. The fraction of sp³-hybridized carbons (Fsp3) is 0.611. The molecule has 0 radical (unpaired) electrons. The number of hydrogen-bond donors (Lipinski definition) is 1. The first-order chi connectivity index (χ1) is 11.2. The van der Waals surface area contributed by atoms with Crippen molar-refractivity contribution in [2.24, 2.45) is 11.7 Å². The number of nitrogens with zero attached hydrogens (tertiary/aromatic N) is 1. The van der Waals surface area contributed by atoms with Crippen LogP contribution in [0, 0.1) is 5.92 Å². The highest BCUT2D eigenvalue weighted by Gasteiger charge is 2.33. The molecule has 1 heterocycles. The average molecular weight is 342 g/mol. The fourth-order valence-electron chi connectivity index (χ4n) is 3.34. The van der Waals surface area contributed by atoms with E-state index < -0.39 is 17.7 Å². The molecule has 3 atom stereocenters. The summed E-state index contributed by atoms with van der Waals surface area (Å²) in [7, 11) is 0. The number of rotatable bonds is 4. The van der Waals surface area contributed by atoms with Crippen LogP contribution in [0.1, 0.15) is 50.2 Å². The van der Waals surface area contributed by atoms with Crippen molar-refractivity contribution >= 4 is 5.91 Å². The summed E-state index contributed by atoms with van der Waals surface area (Å²) in [5.41, 5.74) is 5.67. The van der Waals surface area contributed by atoms with E-state index in [2.05, 4.69) is 0 Å². The zero-order valence-electron chi connectivity index (χ0n) is 14.1. The van der Waals surface area contributed by atoms with Crippen LogP contribution in [0.4, 0.5) is 13.2 Å². The van der Waals surface area contributed by atoms with E-state index >= 15 is 0 Å². The molecule has 134 valence electrons. The van der Waals surface area contributed by atoms with Crippen molar-refractivity contribution in [3.05, 3.63) is 35.4 Å². The monoisotopic (exact) mass is 342 g/mol. The molecule has 3 nitrogen and oxygen atoms in total. The minimum absolute atomic E-state index is 0.00855. The third-order valence-electron chi connectivity index (χ3n) is 4.84. The molecule has 1 fully saturated rings. The summed E-state index contributed by atoms with van der Waals surface area (Å²) in [4.78, 5) is 14.6. The Kier molecular flexibility index (Phi) is 5.91. The molecule has 1 aromatic carbocycles. The first-order valence-electron chi connectivity index (χ1n) is 8.45. The summed E-state index contributed by atoms with van der Waals surface area (Å²) in [6.45, 7) is 5.00. The Labute approximate surface area is 141 Å². The number of hydrogen-bond acceptors (Lipinski definition) is 2. The first-order valence-corrected chi connectivity index (χ1v) is 8.45. The maximum Gasteiger partial charge on any atom is 0.416 e. The van der Waals surface area contributed by atoms with Crippen molar-refractivity contribution in [3.63, 3.8) is 0 Å². The van der Waals surface area contributed by atoms with Crippen molar-refractivity contribution in [3.8, 4) is 0 Å². The molecule has 0 spiro atoms. The summed E-state index contributed by atoms with van der Waals surface area (Å²) in [6.07, 6.45) is -2.05. The Hall–Kier alpha value is -1.56. The number of carbonyl (C=O) groups is 1. The molecule has 0 saturated carbocycles. The number of alkyl halides is 3. The fourth-order valence-corrected chi connectivity index (χ4v) is 3.34. The Morgan fingerprint density at radius 1 is 1.42 bits per heavy atom. The van der Waals surface area contributed by atoms with Gasteiger partial charge in [0.2, 0.25) is 5.91 Å². The van der Waals surface area contributed by atoms with E-state index in [0.717, 1.165) is 25.0 Å². The van der Waals surface area contributed by atoms with Crippen LogP contribution in [-0.4, -0.2) is 29.9 Å². The molecule has 0 aromatic heterocycles. The van der Waals surface area contributed by atoms with Crippen molar-refractivity contribution in [1.29, 1.82) is 0 Å². The Morgan fingerprint density at radius 2 is 2.12 bits per heavy atom. The summed E-state index contributed by atoms with van der Waals surface area (Å²) in [6, 6.07) is 5.12. The number of benzene rings is 1. The quantitative estimate of drug-likeness (QED) is 0.905. The number of likely N-dealkylation sites (tertiary alicyclic amines) is 1. The Morgan fingerprint density at radius 3 is 2.71 bits per heavy atom. The van der Waals surface area contributed by atoms with E-state index in [-0.39, 0.29) is 17.9 Å². The van der Waals surface area contributed by atoms with E-state index in [4.69, 9.17) is 5.73 Å². The van der Waals surface area contributed by atoms with Gasteiger partial charge in [-0.25, -0.2) is 0 Å². The molecule has 0 aliphatic carbocycles. The van der Waals surface area contributed by atoms with Crippen LogP contribution in [0.25, 0.3) is 0 Å². The SMILES string of the molecule is CCC(C(=O)N1CCCC(C(C)N)C1)c1cccc(C(F)(F)F)c1. The summed E-state index contributed by atoms with van der Waals surface area (Å²) in [5.74, 6) is -0.386. The van der Waals surface area contributed by atoms with Crippen LogP contribution in [0.2, 0.25) is 0 Å². The van der Waals surface area contributed by atoms with Gasteiger partial charge in [-0.1, -0.05) is 25.1 Å². The van der Waals surface area contributed by atoms with E-state index in [1.54, 1.807) is 11.0 Å². The maximum absolute atomic E-state index is 12.9. The normalized spacial score (nSPS) is 21.4. The maximum atomic E-state index is 12.9. The van der Waals surface area contributed by atoms with Crippen LogP contribution in [0.5, 0.6) is 0 Å². The lowest BCUT2D eigenvalue weighted by Gasteiger charge is -2.36. The lowest BCUT2D eigenvalue weighted by Crippen LogP contribution is -2.46. The second-order valence-electron chi connectivity index (χ2n) is 6.63. The first kappa shape index (κ1) is 18.8. The van der Waals surface area contributed by atoms with Crippen LogP contribution < -0.4 is 5.73 Å². The van der Waals surface area contributed by atoms with Gasteiger partial charge in [-0.05, 0) is 43.7 Å². The second-order valence-corrected chi connectivity index (χ2v) is 6.63. The number of nitrogens with two attached hydrogens (primary N) is 1. The average Bonchev–Trinajstić information content (AvgIpc) is 2.55. The predicted molar refractivity (Wildman–Crippen MR) is 87.4 cm³/mol. The molecule has 24 heavy (non-hydrogen) atoms. The smallest absolute Gasteiger partial charge is 0.342 e. The molecule has 3 unspecified atom stereocenters. The van der Waals surface area contributed by atoms with Crippen molar-refractivity contribution < 1.29 is 18.0 Å². The predicted octanol–water partition coefficient (Wildman–Crippen LogP) is 3.78. The Balaban J connectivity index is 2.20. The van der Waals surface area contributed by atoms with Gasteiger partial charge < -0.3 is 10.6 Å². The van der Waals surface area contributed by atoms with Crippen molar-refractivity contribution in [1.82, 2.24) is 4.90 Å². The molecule has 1 aliphatic rings. The van der Waals surface area contributed by atoms with Crippen molar-refractivity contribution in [2.45, 2.75) is 51.2 Å². The van der Waals surface area contributed by atoms with Gasteiger partial charge in [0.15, 0.2) is 0 Å². The number of carbonyl (C=O) groups excluding carboxylic acids is 1. The summed E-state index contributed by atoms with van der Waals surface area (Å²) in [5, 5.41) is 0. The molecule has 1 saturated heterocycles. The van der Waals surface area contributed by atoms with E-state index in [9.17, 15) is 18.0 Å². The van der Waals surface area contributed by atoms with Gasteiger partial charge in [-0.3, -0.25) is 4.79 Å². The minimum atomic E-state index is -4.40. The van der Waals surface area contributed by atoms with Gasteiger partial charge in [0, 0.05) is 19.1 Å². The zero-order chi connectivity index (χ0) is 17.9. The van der Waals surface area contributed by atoms with Crippen LogP contribution in [0.15, 0.2) is 24.3 Å². The molecule has 2 rings (SSSR count). The van der Waals surface area contributed by atoms with E-state index in [0.29, 0.717) is 25.1 Å². The third-order valence-corrected chi connectivity index (χ3v) is 4.84. The summed E-state index contributed by atoms with van der Waals surface area (Å²) >= 11 is 0. The lowest BCUT2D eigenvalue weighted by molar-refractivity contribution is -0.138. The van der Waals surface area contributed by atoms with Crippen LogP contribution >= 0.6 is 0 Å². The highest BCUT2D eigenvalue weighted by atomic mass is 19.4. The van der Waals surface area contributed by atoms with Crippen LogP contribution in [0.3, 0.4) is 0 Å². The zero-order valence-corrected chi connectivity index (χ0v) is 14.1. The van der Waals surface area contributed by atoms with E-state index in [1.165, 1.54) is 6.07 Å². The highest BCUT2D eigenvalue weighted by Crippen LogP contribution is 2.33. The molecular weight excluding hydrogens is 317 g/mol. The lowest BCUT2D eigenvalue weighted by atomic mass is 9.89. The van der Waals surface area contributed by atoms with Gasteiger partial charge in [0.05, 0.1) is 11.5 Å². The van der Waals surface area contributed by atoms with Gasteiger partial charge >= 0.3 is 6.18 Å². The van der Waals surface area contributed by atoms with Gasteiger partial charge in [0.25, 0.3) is 0 Å². The van der Waals surface area contributed by atoms with Gasteiger partial charge in [0.1, 0.15) is 0 Å². The highest BCUT2D eigenvalue weighted by molar-refractivity contribution is 5.83. The number of amides is 1. The molecule has 0 bridgehead atoms. The molecule has 1 aromatic rings. The molecule has 1 amide bonds. The molecule has 2 N–H and O–H groups in total. The Bertz CT molecular complexity index is 572. The van der Waals surface area contributed by atoms with Gasteiger partial charge in [-0.2, -0.15) is 13.2 Å². The number of halogens is 3. The molecule has 1 aliphatic heterocycles. The second kappa shape index (κ2) is 7.55. The largest absolute Gasteiger partial charge is 0.416 e. The topological polar surface area (TPSA) is 46.3 Å². The van der Waals surface area contributed by atoms with E-state index in [1.807, 2.05) is 13.8 Å². The minimum Gasteiger partial charge on any atom is -0.342 e. The summed E-state index contributed by atoms with van der Waals surface area (Å²) < 4.78 is 38.8. The van der Waals surface area contributed by atoms with Gasteiger partial charge in [-0.15, -0.1) is 0 Å².